The molecule has 0 bridgehead atoms. The van der Waals surface area contributed by atoms with Crippen LogP contribution in [0, 0.1) is 11.3 Å². The van der Waals surface area contributed by atoms with E-state index in [1.807, 2.05) is 25.1 Å². The summed E-state index contributed by atoms with van der Waals surface area (Å²) in [5.41, 5.74) is 1.87. The van der Waals surface area contributed by atoms with Crippen LogP contribution in [0.4, 0.5) is 0 Å². The van der Waals surface area contributed by atoms with Gasteiger partial charge in [0.2, 0.25) is 0 Å². The van der Waals surface area contributed by atoms with Crippen molar-refractivity contribution in [3.05, 3.63) is 63.6 Å². The molecular formula is C19H16BrNO3. The van der Waals surface area contributed by atoms with Crippen LogP contribution in [0.25, 0.3) is 6.08 Å². The summed E-state index contributed by atoms with van der Waals surface area (Å²) in [4.78, 5) is 12.2. The molecule has 0 spiro atoms. The molecule has 0 aliphatic carbocycles. The largest absolute Gasteiger partial charge is 0.492 e. The molecule has 122 valence electrons. The highest BCUT2D eigenvalue weighted by molar-refractivity contribution is 9.10. The van der Waals surface area contributed by atoms with Gasteiger partial charge in [-0.05, 0) is 70.9 Å². The normalized spacial score (nSPS) is 10.4. The van der Waals surface area contributed by atoms with Gasteiger partial charge in [0.25, 0.3) is 0 Å². The summed E-state index contributed by atoms with van der Waals surface area (Å²) in [5.74, 6) is 1.09. The first-order valence-electron chi connectivity index (χ1n) is 7.32. The molecule has 0 N–H and O–H groups in total. The number of benzene rings is 2. The number of rotatable bonds is 6. The first-order chi connectivity index (χ1) is 11.6. The molecule has 0 aromatic heterocycles. The highest BCUT2D eigenvalue weighted by atomic mass is 79.9. The third kappa shape index (κ3) is 4.24. The molecule has 0 fully saturated rings. The van der Waals surface area contributed by atoms with E-state index in [2.05, 4.69) is 15.9 Å². The average Bonchev–Trinajstić information content (AvgIpc) is 2.60. The maximum absolute atomic E-state index is 12.2. The fourth-order valence-electron chi connectivity index (χ4n) is 2.12. The maximum Gasteiger partial charge on any atom is 0.185 e. The molecule has 2 aromatic carbocycles. The molecule has 0 atom stereocenters. The fraction of sp³-hybridized carbons (Fsp3) is 0.158. The lowest BCUT2D eigenvalue weighted by molar-refractivity contribution is 0.104. The summed E-state index contributed by atoms with van der Waals surface area (Å²) in [6, 6.07) is 12.2. The second-order valence-electron chi connectivity index (χ2n) is 4.85. The maximum atomic E-state index is 12.2. The molecule has 0 aliphatic rings. The van der Waals surface area contributed by atoms with E-state index in [0.717, 1.165) is 10.0 Å². The number of nitrogens with zero attached hydrogens (tertiary/aromatic N) is 1. The van der Waals surface area contributed by atoms with Crippen molar-refractivity contribution in [2.24, 2.45) is 0 Å². The van der Waals surface area contributed by atoms with Gasteiger partial charge in [0, 0.05) is 5.56 Å². The molecule has 2 rings (SSSR count). The topological polar surface area (TPSA) is 59.3 Å². The van der Waals surface area contributed by atoms with Gasteiger partial charge in [0.05, 0.1) is 29.8 Å². The lowest BCUT2D eigenvalue weighted by Gasteiger charge is -2.12. The second-order valence-corrected chi connectivity index (χ2v) is 5.71. The average molecular weight is 386 g/mol. The number of ketones is 1. The number of hydrogen-bond acceptors (Lipinski definition) is 4. The van der Waals surface area contributed by atoms with E-state index in [-0.39, 0.29) is 5.78 Å². The lowest BCUT2D eigenvalue weighted by atomic mass is 10.1. The number of methoxy groups -OCH3 is 1. The molecule has 0 unspecified atom stereocenters. The Labute approximate surface area is 149 Å². The SMILES string of the molecule is CCOc1cc(/C=C/C(=O)c2ccc(C#N)cc2)cc(Br)c1OC. The number of allylic oxidation sites excluding steroid dienone is 1. The van der Waals surface area contributed by atoms with Gasteiger partial charge in [-0.2, -0.15) is 5.26 Å². The van der Waals surface area contributed by atoms with Crippen molar-refractivity contribution in [1.82, 2.24) is 0 Å². The van der Waals surface area contributed by atoms with Crippen LogP contribution in [0.5, 0.6) is 11.5 Å². The number of halogens is 1. The summed E-state index contributed by atoms with van der Waals surface area (Å²) in [6.45, 7) is 2.41. The van der Waals surface area contributed by atoms with Crippen molar-refractivity contribution >= 4 is 27.8 Å². The van der Waals surface area contributed by atoms with Crippen LogP contribution in [-0.4, -0.2) is 19.5 Å². The van der Waals surface area contributed by atoms with E-state index in [0.29, 0.717) is 29.2 Å². The Hall–Kier alpha value is -2.58. The zero-order valence-corrected chi connectivity index (χ0v) is 15.0. The second kappa shape index (κ2) is 8.32. The Morgan fingerprint density at radius 3 is 2.58 bits per heavy atom. The standard InChI is InChI=1S/C19H16BrNO3/c1-3-24-18-11-14(10-16(20)19(18)23-2)6-9-17(22)15-7-4-13(12-21)5-8-15/h4-11H,3H2,1-2H3/b9-6+. The van der Waals surface area contributed by atoms with Crippen molar-refractivity contribution in [2.45, 2.75) is 6.92 Å². The number of ether oxygens (including phenoxy) is 2. The van der Waals surface area contributed by atoms with E-state index in [1.165, 1.54) is 6.08 Å². The molecule has 4 nitrogen and oxygen atoms in total. The van der Waals surface area contributed by atoms with Crippen molar-refractivity contribution in [1.29, 1.82) is 5.26 Å². The van der Waals surface area contributed by atoms with Gasteiger partial charge >= 0.3 is 0 Å². The molecule has 0 saturated carbocycles. The summed E-state index contributed by atoms with van der Waals surface area (Å²) in [6.07, 6.45) is 3.21. The van der Waals surface area contributed by atoms with E-state index < -0.39 is 0 Å². The summed E-state index contributed by atoms with van der Waals surface area (Å²) >= 11 is 3.44. The molecule has 24 heavy (non-hydrogen) atoms. The Morgan fingerprint density at radius 2 is 2.00 bits per heavy atom. The third-order valence-corrected chi connectivity index (χ3v) is 3.85. The first kappa shape index (κ1) is 17.8. The summed E-state index contributed by atoms with van der Waals surface area (Å²) < 4.78 is 11.6. The van der Waals surface area contributed by atoms with Crippen LogP contribution in [0.2, 0.25) is 0 Å². The van der Waals surface area contributed by atoms with Crippen molar-refractivity contribution < 1.29 is 14.3 Å². The third-order valence-electron chi connectivity index (χ3n) is 3.26. The quantitative estimate of drug-likeness (QED) is 0.537. The molecule has 5 heteroatoms. The highest BCUT2D eigenvalue weighted by Crippen LogP contribution is 2.36. The number of carbonyl (C=O) groups excluding carboxylic acids is 1. The molecule has 0 heterocycles. The minimum atomic E-state index is -0.135. The number of carbonyl (C=O) groups is 1. The smallest absolute Gasteiger partial charge is 0.185 e. The molecule has 0 radical (unpaired) electrons. The Balaban J connectivity index is 2.24. The Kier molecular flexibility index (Phi) is 6.16. The first-order valence-corrected chi connectivity index (χ1v) is 8.11. The summed E-state index contributed by atoms with van der Waals surface area (Å²) in [5, 5.41) is 8.78. The van der Waals surface area contributed by atoms with Gasteiger partial charge in [-0.1, -0.05) is 6.08 Å². The number of nitriles is 1. The minimum Gasteiger partial charge on any atom is -0.492 e. The van der Waals surface area contributed by atoms with Crippen molar-refractivity contribution in [3.63, 3.8) is 0 Å². The highest BCUT2D eigenvalue weighted by Gasteiger charge is 2.10. The predicted molar refractivity (Wildman–Crippen MR) is 96.4 cm³/mol. The van der Waals surface area contributed by atoms with Gasteiger partial charge in [0.1, 0.15) is 0 Å². The van der Waals surface area contributed by atoms with Crippen LogP contribution in [0.3, 0.4) is 0 Å². The Bertz CT molecular complexity index is 805. The van der Waals surface area contributed by atoms with Gasteiger partial charge in [-0.3, -0.25) is 4.79 Å². The van der Waals surface area contributed by atoms with Crippen LogP contribution < -0.4 is 9.47 Å². The van der Waals surface area contributed by atoms with Gasteiger partial charge < -0.3 is 9.47 Å². The van der Waals surface area contributed by atoms with Crippen LogP contribution in [-0.2, 0) is 0 Å². The fourth-order valence-corrected chi connectivity index (χ4v) is 2.74. The predicted octanol–water partition coefficient (Wildman–Crippen LogP) is 4.62. The molecule has 0 saturated heterocycles. The van der Waals surface area contributed by atoms with Crippen molar-refractivity contribution in [2.75, 3.05) is 13.7 Å². The monoisotopic (exact) mass is 385 g/mol. The van der Waals surface area contributed by atoms with Gasteiger partial charge in [-0.25, -0.2) is 0 Å². The van der Waals surface area contributed by atoms with Crippen LogP contribution in [0.15, 0.2) is 46.9 Å². The van der Waals surface area contributed by atoms with Gasteiger partial charge in [-0.15, -0.1) is 0 Å². The van der Waals surface area contributed by atoms with Crippen LogP contribution in [0.1, 0.15) is 28.4 Å². The van der Waals surface area contributed by atoms with Crippen molar-refractivity contribution in [3.8, 4) is 17.6 Å². The number of hydrogen-bond donors (Lipinski definition) is 0. The van der Waals surface area contributed by atoms with Gasteiger partial charge in [0.15, 0.2) is 17.3 Å². The molecule has 0 aliphatic heterocycles. The minimum absolute atomic E-state index is 0.135. The molecule has 0 amide bonds. The van der Waals surface area contributed by atoms with E-state index in [9.17, 15) is 4.79 Å². The summed E-state index contributed by atoms with van der Waals surface area (Å²) in [7, 11) is 1.58. The Morgan fingerprint density at radius 1 is 1.29 bits per heavy atom. The van der Waals surface area contributed by atoms with E-state index >= 15 is 0 Å². The van der Waals surface area contributed by atoms with E-state index in [1.54, 1.807) is 37.5 Å². The van der Waals surface area contributed by atoms with Crippen LogP contribution >= 0.6 is 15.9 Å². The molecular weight excluding hydrogens is 370 g/mol. The lowest BCUT2D eigenvalue weighted by Crippen LogP contribution is -1.97. The zero-order chi connectivity index (χ0) is 17.5. The molecule has 2 aromatic rings. The van der Waals surface area contributed by atoms with E-state index in [4.69, 9.17) is 14.7 Å². The zero-order valence-electron chi connectivity index (χ0n) is 13.4.